The minimum Gasteiger partial charge on any atom is -0.453 e. The fourth-order valence-corrected chi connectivity index (χ4v) is 2.96. The van der Waals surface area contributed by atoms with Crippen molar-refractivity contribution in [2.24, 2.45) is 5.73 Å². The molecule has 9 nitrogen and oxygen atoms in total. The lowest BCUT2D eigenvalue weighted by Gasteiger charge is -1.99. The highest BCUT2D eigenvalue weighted by molar-refractivity contribution is 7.14. The van der Waals surface area contributed by atoms with E-state index in [4.69, 9.17) is 5.73 Å². The third-order valence-electron chi connectivity index (χ3n) is 2.44. The Morgan fingerprint density at radius 1 is 1.09 bits per heavy atom. The summed E-state index contributed by atoms with van der Waals surface area (Å²) in [5, 5.41) is 9.07. The number of nitrogens with zero attached hydrogens (tertiary/aromatic N) is 2. The standard InChI is InChI=1S/C12H13N5O4S2/c1-21-12(20)17-11-15-7(5-23-11)3-9(19)16-10-14-6(4-22-10)2-8(13)18/h4-5H,2-3H2,1H3,(H2,13,18)(H,14,16,19)(H,15,17,20). The molecule has 23 heavy (non-hydrogen) atoms. The summed E-state index contributed by atoms with van der Waals surface area (Å²) in [6.07, 6.45) is -0.564. The summed E-state index contributed by atoms with van der Waals surface area (Å²) in [5.41, 5.74) is 6.09. The zero-order chi connectivity index (χ0) is 16.8. The number of aromatic nitrogens is 2. The summed E-state index contributed by atoms with van der Waals surface area (Å²) < 4.78 is 4.45. The summed E-state index contributed by atoms with van der Waals surface area (Å²) in [6, 6.07) is 0. The van der Waals surface area contributed by atoms with Gasteiger partial charge in [-0.25, -0.2) is 14.8 Å². The summed E-state index contributed by atoms with van der Waals surface area (Å²) in [6.45, 7) is 0. The molecule has 2 aromatic rings. The van der Waals surface area contributed by atoms with Crippen LogP contribution in [-0.2, 0) is 27.2 Å². The second-order valence-electron chi connectivity index (χ2n) is 4.27. The van der Waals surface area contributed by atoms with Gasteiger partial charge in [0.25, 0.3) is 0 Å². The number of hydrogen-bond donors (Lipinski definition) is 3. The number of carbonyl (C=O) groups excluding carboxylic acids is 3. The van der Waals surface area contributed by atoms with Crippen LogP contribution in [-0.4, -0.2) is 35.0 Å². The molecule has 0 spiro atoms. The van der Waals surface area contributed by atoms with E-state index in [1.54, 1.807) is 10.8 Å². The third-order valence-corrected chi connectivity index (χ3v) is 4.05. The lowest BCUT2D eigenvalue weighted by Crippen LogP contribution is -2.16. The van der Waals surface area contributed by atoms with E-state index in [9.17, 15) is 14.4 Å². The number of anilines is 2. The Morgan fingerprint density at radius 3 is 2.22 bits per heavy atom. The van der Waals surface area contributed by atoms with Gasteiger partial charge in [0, 0.05) is 10.8 Å². The van der Waals surface area contributed by atoms with Crippen LogP contribution >= 0.6 is 22.7 Å². The van der Waals surface area contributed by atoms with Crippen molar-refractivity contribution in [1.82, 2.24) is 9.97 Å². The van der Waals surface area contributed by atoms with Gasteiger partial charge < -0.3 is 15.8 Å². The highest BCUT2D eigenvalue weighted by atomic mass is 32.1. The number of amides is 3. The molecule has 0 aliphatic carbocycles. The summed E-state index contributed by atoms with van der Waals surface area (Å²) >= 11 is 2.39. The smallest absolute Gasteiger partial charge is 0.413 e. The minimum atomic E-state index is -0.625. The zero-order valence-corrected chi connectivity index (χ0v) is 13.6. The number of nitrogens with one attached hydrogen (secondary N) is 2. The van der Waals surface area contributed by atoms with E-state index < -0.39 is 12.0 Å². The molecular weight excluding hydrogens is 342 g/mol. The molecule has 122 valence electrons. The molecular formula is C12H13N5O4S2. The topological polar surface area (TPSA) is 136 Å². The number of methoxy groups -OCH3 is 1. The highest BCUT2D eigenvalue weighted by Gasteiger charge is 2.12. The van der Waals surface area contributed by atoms with Crippen molar-refractivity contribution < 1.29 is 19.1 Å². The average Bonchev–Trinajstić information content (AvgIpc) is 3.08. The maximum Gasteiger partial charge on any atom is 0.413 e. The molecule has 0 aliphatic rings. The lowest BCUT2D eigenvalue weighted by molar-refractivity contribution is -0.117. The van der Waals surface area contributed by atoms with Crippen LogP contribution in [0.3, 0.4) is 0 Å². The Balaban J connectivity index is 1.88. The Kier molecular flexibility index (Phi) is 5.60. The molecule has 4 N–H and O–H groups in total. The first kappa shape index (κ1) is 16.8. The highest BCUT2D eigenvalue weighted by Crippen LogP contribution is 2.18. The van der Waals surface area contributed by atoms with Crippen LogP contribution in [0.5, 0.6) is 0 Å². The SMILES string of the molecule is COC(=O)Nc1nc(CC(=O)Nc2nc(CC(N)=O)cs2)cs1. The van der Waals surface area contributed by atoms with Gasteiger partial charge in [-0.3, -0.25) is 14.9 Å². The number of ether oxygens (including phenoxy) is 1. The quantitative estimate of drug-likeness (QED) is 0.707. The summed E-state index contributed by atoms with van der Waals surface area (Å²) in [4.78, 5) is 41.9. The van der Waals surface area contributed by atoms with E-state index >= 15 is 0 Å². The molecule has 11 heteroatoms. The van der Waals surface area contributed by atoms with E-state index in [-0.39, 0.29) is 18.7 Å². The number of primary amides is 1. The van der Waals surface area contributed by atoms with Gasteiger partial charge >= 0.3 is 6.09 Å². The molecule has 0 aromatic carbocycles. The number of nitrogens with two attached hydrogens (primary N) is 1. The predicted molar refractivity (Wildman–Crippen MR) is 85.5 cm³/mol. The van der Waals surface area contributed by atoms with Crippen LogP contribution in [0, 0.1) is 0 Å². The van der Waals surface area contributed by atoms with Crippen LogP contribution < -0.4 is 16.4 Å². The first-order valence-electron chi connectivity index (χ1n) is 6.28. The molecule has 0 bridgehead atoms. The maximum absolute atomic E-state index is 11.9. The largest absolute Gasteiger partial charge is 0.453 e. The van der Waals surface area contributed by atoms with E-state index in [2.05, 4.69) is 25.3 Å². The van der Waals surface area contributed by atoms with Crippen LogP contribution in [0.25, 0.3) is 0 Å². The Bertz CT molecular complexity index is 727. The van der Waals surface area contributed by atoms with Gasteiger partial charge in [0.2, 0.25) is 11.8 Å². The maximum atomic E-state index is 11.9. The molecule has 0 fully saturated rings. The van der Waals surface area contributed by atoms with Crippen molar-refractivity contribution in [2.75, 3.05) is 17.7 Å². The van der Waals surface area contributed by atoms with E-state index in [0.29, 0.717) is 21.7 Å². The fourth-order valence-electron chi connectivity index (χ4n) is 1.54. The van der Waals surface area contributed by atoms with Gasteiger partial charge in [-0.05, 0) is 0 Å². The zero-order valence-electron chi connectivity index (χ0n) is 12.0. The van der Waals surface area contributed by atoms with Crippen molar-refractivity contribution in [3.8, 4) is 0 Å². The Hall–Kier alpha value is -2.53. The fraction of sp³-hybridized carbons (Fsp3) is 0.250. The molecule has 0 atom stereocenters. The van der Waals surface area contributed by atoms with Gasteiger partial charge in [-0.15, -0.1) is 22.7 Å². The molecule has 0 saturated heterocycles. The van der Waals surface area contributed by atoms with Crippen LogP contribution in [0.2, 0.25) is 0 Å². The normalized spacial score (nSPS) is 10.1. The molecule has 0 saturated carbocycles. The first-order chi connectivity index (χ1) is 11.0. The van der Waals surface area contributed by atoms with Gasteiger partial charge in [0.05, 0.1) is 31.3 Å². The molecule has 2 aromatic heterocycles. The molecule has 0 aliphatic heterocycles. The van der Waals surface area contributed by atoms with Crippen molar-refractivity contribution in [1.29, 1.82) is 0 Å². The third kappa shape index (κ3) is 5.30. The summed E-state index contributed by atoms with van der Waals surface area (Å²) in [5.74, 6) is -0.791. The van der Waals surface area contributed by atoms with E-state index in [1.807, 2.05) is 0 Å². The van der Waals surface area contributed by atoms with E-state index in [1.165, 1.54) is 29.8 Å². The number of thiazole rings is 2. The van der Waals surface area contributed by atoms with Gasteiger partial charge in [0.1, 0.15) is 0 Å². The molecule has 2 heterocycles. The molecule has 0 radical (unpaired) electrons. The molecule has 2 rings (SSSR count). The van der Waals surface area contributed by atoms with Crippen LogP contribution in [0.4, 0.5) is 15.1 Å². The van der Waals surface area contributed by atoms with Crippen LogP contribution in [0.1, 0.15) is 11.4 Å². The Morgan fingerprint density at radius 2 is 1.65 bits per heavy atom. The average molecular weight is 355 g/mol. The van der Waals surface area contributed by atoms with Gasteiger partial charge in [-0.2, -0.15) is 0 Å². The van der Waals surface area contributed by atoms with Crippen molar-refractivity contribution in [3.63, 3.8) is 0 Å². The number of rotatable bonds is 6. The number of hydrogen-bond acceptors (Lipinski definition) is 8. The lowest BCUT2D eigenvalue weighted by atomic mass is 10.3. The first-order valence-corrected chi connectivity index (χ1v) is 8.04. The Labute approximate surface area is 138 Å². The minimum absolute atomic E-state index is 0.0288. The summed E-state index contributed by atoms with van der Waals surface area (Å²) in [7, 11) is 1.25. The monoisotopic (exact) mass is 355 g/mol. The van der Waals surface area contributed by atoms with Gasteiger partial charge in [0.15, 0.2) is 10.3 Å². The second kappa shape index (κ2) is 7.65. The molecule has 3 amide bonds. The van der Waals surface area contributed by atoms with E-state index in [0.717, 1.165) is 0 Å². The van der Waals surface area contributed by atoms with Crippen LogP contribution in [0.15, 0.2) is 10.8 Å². The second-order valence-corrected chi connectivity index (χ2v) is 5.99. The molecule has 0 unspecified atom stereocenters. The van der Waals surface area contributed by atoms with Crippen molar-refractivity contribution >= 4 is 50.8 Å². The number of carbonyl (C=O) groups is 3. The van der Waals surface area contributed by atoms with Gasteiger partial charge in [-0.1, -0.05) is 0 Å². The van der Waals surface area contributed by atoms with Crippen molar-refractivity contribution in [3.05, 3.63) is 22.1 Å². The van der Waals surface area contributed by atoms with Crippen molar-refractivity contribution in [2.45, 2.75) is 12.8 Å². The predicted octanol–water partition coefficient (Wildman–Crippen LogP) is 0.987.